The summed E-state index contributed by atoms with van der Waals surface area (Å²) < 4.78 is 9.77. The predicted octanol–water partition coefficient (Wildman–Crippen LogP) is 5.75. The van der Waals surface area contributed by atoms with Crippen molar-refractivity contribution in [1.29, 1.82) is 0 Å². The van der Waals surface area contributed by atoms with E-state index < -0.39 is 18.0 Å². The Morgan fingerprint density at radius 2 is 1.90 bits per heavy atom. The van der Waals surface area contributed by atoms with Crippen LogP contribution in [-0.2, 0) is 23.9 Å². The molecule has 1 aliphatic carbocycles. The molecule has 0 aromatic rings. The Balaban J connectivity index is 2.51. The summed E-state index contributed by atoms with van der Waals surface area (Å²) in [4.78, 5) is 35.6. The standard InChI is InChI=1S/C25H42O5S/c1-5-6-7-8-9-11-14-21-20(18-31-4)17-23(27)22(21)15-12-10-13-16-24(25(28)29-3)30-19(2)26/h11,14,20-22,24H,5-10,12-13,15-18H2,1-4H3/t20-,21-,22+,24?/m0/s1. The molecular weight excluding hydrogens is 412 g/mol. The molecule has 0 radical (unpaired) electrons. The van der Waals surface area contributed by atoms with Crippen LogP contribution < -0.4 is 0 Å². The van der Waals surface area contributed by atoms with Gasteiger partial charge in [0.15, 0.2) is 6.10 Å². The molecule has 1 aliphatic rings. The van der Waals surface area contributed by atoms with E-state index in [0.29, 0.717) is 30.5 Å². The topological polar surface area (TPSA) is 69.7 Å². The molecule has 0 aliphatic heterocycles. The molecule has 4 atom stereocenters. The summed E-state index contributed by atoms with van der Waals surface area (Å²) in [5, 5.41) is 0. The van der Waals surface area contributed by atoms with Crippen molar-refractivity contribution < 1.29 is 23.9 Å². The van der Waals surface area contributed by atoms with Crippen LogP contribution in [0.2, 0.25) is 0 Å². The molecule has 6 heteroatoms. The third kappa shape index (κ3) is 10.7. The molecule has 0 saturated heterocycles. The van der Waals surface area contributed by atoms with E-state index >= 15 is 0 Å². The molecule has 0 amide bonds. The van der Waals surface area contributed by atoms with Gasteiger partial charge in [0, 0.05) is 19.3 Å². The number of thioether (sulfide) groups is 1. The average Bonchev–Trinajstić information content (AvgIpc) is 3.03. The van der Waals surface area contributed by atoms with Gasteiger partial charge in [-0.25, -0.2) is 4.79 Å². The molecule has 178 valence electrons. The maximum Gasteiger partial charge on any atom is 0.347 e. The number of unbranched alkanes of at least 4 members (excludes halogenated alkanes) is 6. The molecular formula is C25H42O5S. The number of carbonyl (C=O) groups excluding carboxylic acids is 3. The minimum Gasteiger partial charge on any atom is -0.466 e. The molecule has 1 saturated carbocycles. The lowest BCUT2D eigenvalue weighted by atomic mass is 9.85. The van der Waals surface area contributed by atoms with Crippen molar-refractivity contribution in [2.75, 3.05) is 19.1 Å². The summed E-state index contributed by atoms with van der Waals surface area (Å²) in [6, 6.07) is 0. The van der Waals surface area contributed by atoms with Crippen LogP contribution >= 0.6 is 11.8 Å². The van der Waals surface area contributed by atoms with E-state index in [1.54, 1.807) is 0 Å². The quantitative estimate of drug-likeness (QED) is 0.168. The summed E-state index contributed by atoms with van der Waals surface area (Å²) >= 11 is 1.83. The Kier molecular flexibility index (Phi) is 14.6. The summed E-state index contributed by atoms with van der Waals surface area (Å²) in [7, 11) is 1.30. The first-order chi connectivity index (χ1) is 14.9. The van der Waals surface area contributed by atoms with Crippen LogP contribution in [0.5, 0.6) is 0 Å². The molecule has 0 heterocycles. The van der Waals surface area contributed by atoms with Gasteiger partial charge in [0.25, 0.3) is 0 Å². The van der Waals surface area contributed by atoms with Crippen LogP contribution in [0.3, 0.4) is 0 Å². The van der Waals surface area contributed by atoms with E-state index in [1.807, 2.05) is 11.8 Å². The molecule has 1 unspecified atom stereocenters. The van der Waals surface area contributed by atoms with Gasteiger partial charge in [0.1, 0.15) is 5.78 Å². The highest BCUT2D eigenvalue weighted by atomic mass is 32.2. The second kappa shape index (κ2) is 16.3. The van der Waals surface area contributed by atoms with E-state index in [4.69, 9.17) is 9.47 Å². The monoisotopic (exact) mass is 454 g/mol. The van der Waals surface area contributed by atoms with E-state index in [9.17, 15) is 14.4 Å². The van der Waals surface area contributed by atoms with Gasteiger partial charge in [-0.3, -0.25) is 9.59 Å². The number of Topliss-reactive ketones (excluding diaryl/α,β-unsaturated/α-hetero) is 1. The number of esters is 2. The maximum atomic E-state index is 12.7. The van der Waals surface area contributed by atoms with Crippen LogP contribution in [0.4, 0.5) is 0 Å². The zero-order chi connectivity index (χ0) is 23.1. The van der Waals surface area contributed by atoms with Crippen LogP contribution in [-0.4, -0.2) is 42.9 Å². The van der Waals surface area contributed by atoms with Crippen LogP contribution in [0.25, 0.3) is 0 Å². The van der Waals surface area contributed by atoms with E-state index in [0.717, 1.165) is 37.9 Å². The maximum absolute atomic E-state index is 12.7. The zero-order valence-corrected chi connectivity index (χ0v) is 20.7. The van der Waals surface area contributed by atoms with E-state index in [-0.39, 0.29) is 5.92 Å². The van der Waals surface area contributed by atoms with Gasteiger partial charge in [-0.2, -0.15) is 11.8 Å². The van der Waals surface area contributed by atoms with Crippen molar-refractivity contribution >= 4 is 29.5 Å². The van der Waals surface area contributed by atoms with Crippen molar-refractivity contribution in [2.45, 2.75) is 90.6 Å². The second-order valence-corrected chi connectivity index (χ2v) is 9.52. The third-order valence-electron chi connectivity index (χ3n) is 6.10. The number of ether oxygens (including phenoxy) is 2. The first-order valence-corrected chi connectivity index (χ1v) is 13.3. The molecule has 0 spiro atoms. The molecule has 1 rings (SSSR count). The van der Waals surface area contributed by atoms with Gasteiger partial charge in [0.05, 0.1) is 7.11 Å². The van der Waals surface area contributed by atoms with E-state index in [1.165, 1.54) is 39.7 Å². The van der Waals surface area contributed by atoms with Gasteiger partial charge in [-0.15, -0.1) is 0 Å². The SMILES string of the molecule is CCCCCCC=C[C@H]1[C@H](CSC)CC(=O)[C@@H]1CCCCCC(OC(C)=O)C(=O)OC. The van der Waals surface area contributed by atoms with Crippen molar-refractivity contribution in [2.24, 2.45) is 17.8 Å². The van der Waals surface area contributed by atoms with Crippen molar-refractivity contribution in [1.82, 2.24) is 0 Å². The highest BCUT2D eigenvalue weighted by Crippen LogP contribution is 2.40. The largest absolute Gasteiger partial charge is 0.466 e. The number of rotatable bonds is 16. The fourth-order valence-corrected chi connectivity index (χ4v) is 5.26. The van der Waals surface area contributed by atoms with Crippen LogP contribution in [0.15, 0.2) is 12.2 Å². The fourth-order valence-electron chi connectivity index (χ4n) is 4.49. The molecule has 0 aromatic carbocycles. The number of ketones is 1. The summed E-state index contributed by atoms with van der Waals surface area (Å²) in [6.07, 6.45) is 16.7. The summed E-state index contributed by atoms with van der Waals surface area (Å²) in [5.74, 6) is 1.39. The van der Waals surface area contributed by atoms with E-state index in [2.05, 4.69) is 25.3 Å². The number of hydrogen-bond donors (Lipinski definition) is 0. The smallest absolute Gasteiger partial charge is 0.347 e. The van der Waals surface area contributed by atoms with Gasteiger partial charge < -0.3 is 9.47 Å². The molecule has 0 bridgehead atoms. The fraction of sp³-hybridized carbons (Fsp3) is 0.800. The lowest BCUT2D eigenvalue weighted by molar-refractivity contribution is -0.165. The Bertz CT molecular complexity index is 574. The minimum atomic E-state index is -0.829. The van der Waals surface area contributed by atoms with Crippen molar-refractivity contribution in [3.8, 4) is 0 Å². The molecule has 0 aromatic heterocycles. The first-order valence-electron chi connectivity index (χ1n) is 11.9. The second-order valence-electron chi connectivity index (χ2n) is 8.61. The highest BCUT2D eigenvalue weighted by Gasteiger charge is 2.39. The van der Waals surface area contributed by atoms with Crippen LogP contribution in [0.1, 0.15) is 84.5 Å². The number of hydrogen-bond acceptors (Lipinski definition) is 6. The Morgan fingerprint density at radius 3 is 2.55 bits per heavy atom. The minimum absolute atomic E-state index is 0.119. The van der Waals surface area contributed by atoms with Crippen molar-refractivity contribution in [3.63, 3.8) is 0 Å². The number of methoxy groups -OCH3 is 1. The van der Waals surface area contributed by atoms with Gasteiger partial charge in [0.2, 0.25) is 0 Å². The van der Waals surface area contributed by atoms with Crippen LogP contribution in [0, 0.1) is 17.8 Å². The Labute approximate surface area is 193 Å². The number of carbonyl (C=O) groups is 3. The first kappa shape index (κ1) is 27.7. The summed E-state index contributed by atoms with van der Waals surface area (Å²) in [5.41, 5.74) is 0. The molecule has 31 heavy (non-hydrogen) atoms. The predicted molar refractivity (Wildman–Crippen MR) is 127 cm³/mol. The number of allylic oxidation sites excluding steroid dienone is 2. The Hall–Kier alpha value is -1.30. The average molecular weight is 455 g/mol. The van der Waals surface area contributed by atoms with Crippen molar-refractivity contribution in [3.05, 3.63) is 12.2 Å². The molecule has 1 fully saturated rings. The lowest BCUT2D eigenvalue weighted by Gasteiger charge is -2.20. The summed E-state index contributed by atoms with van der Waals surface area (Å²) in [6.45, 7) is 3.52. The normalized spacial score (nSPS) is 22.1. The molecule has 5 nitrogen and oxygen atoms in total. The molecule has 0 N–H and O–H groups in total. The Morgan fingerprint density at radius 1 is 1.16 bits per heavy atom. The van der Waals surface area contributed by atoms with Gasteiger partial charge in [-0.1, -0.05) is 51.2 Å². The van der Waals surface area contributed by atoms with Gasteiger partial charge >= 0.3 is 11.9 Å². The lowest BCUT2D eigenvalue weighted by Crippen LogP contribution is -2.27. The highest BCUT2D eigenvalue weighted by molar-refractivity contribution is 7.98. The van der Waals surface area contributed by atoms with Gasteiger partial charge in [-0.05, 0) is 55.9 Å². The zero-order valence-electron chi connectivity index (χ0n) is 19.9. The third-order valence-corrected chi connectivity index (χ3v) is 6.86.